The largest absolute Gasteiger partial charge is 0.342 e. The van der Waals surface area contributed by atoms with Crippen LogP contribution in [0.1, 0.15) is 35.2 Å². The predicted octanol–water partition coefficient (Wildman–Crippen LogP) is 4.26. The van der Waals surface area contributed by atoms with E-state index in [2.05, 4.69) is 52.5 Å². The van der Waals surface area contributed by atoms with E-state index in [1.54, 1.807) is 0 Å². The molecule has 3 nitrogen and oxygen atoms in total. The second-order valence-corrected chi connectivity index (χ2v) is 6.99. The van der Waals surface area contributed by atoms with Gasteiger partial charge in [-0.3, -0.25) is 4.79 Å². The molecule has 3 aromatic rings. The molecule has 0 atom stereocenters. The average Bonchev–Trinajstić information content (AvgIpc) is 3.02. The third kappa shape index (κ3) is 3.52. The number of Topliss-reactive ketones (excluding diaryl/α,β-unsaturated/α-hetero) is 1. The minimum absolute atomic E-state index is 0.287. The Bertz CT molecular complexity index is 860. The summed E-state index contributed by atoms with van der Waals surface area (Å²) in [7, 11) is 0. The van der Waals surface area contributed by atoms with E-state index in [9.17, 15) is 4.79 Å². The zero-order valence-electron chi connectivity index (χ0n) is 14.4. The molecule has 0 bridgehead atoms. The predicted molar refractivity (Wildman–Crippen MR) is 102 cm³/mol. The molecule has 2 heterocycles. The Labute approximate surface area is 148 Å². The van der Waals surface area contributed by atoms with Crippen molar-refractivity contribution < 1.29 is 4.79 Å². The molecular weight excluding hydrogens is 308 g/mol. The van der Waals surface area contributed by atoms with Crippen LogP contribution in [-0.4, -0.2) is 23.4 Å². The normalized spacial score (nSPS) is 15.5. The van der Waals surface area contributed by atoms with E-state index in [-0.39, 0.29) is 5.78 Å². The number of rotatable bonds is 5. The van der Waals surface area contributed by atoms with Crippen molar-refractivity contribution in [1.29, 1.82) is 0 Å². The number of benzene rings is 2. The van der Waals surface area contributed by atoms with E-state index in [1.165, 1.54) is 5.56 Å². The van der Waals surface area contributed by atoms with Gasteiger partial charge in [0.05, 0.1) is 0 Å². The lowest BCUT2D eigenvalue weighted by Crippen LogP contribution is -2.28. The number of ketones is 1. The molecule has 0 aliphatic carbocycles. The summed E-state index contributed by atoms with van der Waals surface area (Å²) >= 11 is 0. The van der Waals surface area contributed by atoms with E-state index in [0.29, 0.717) is 12.3 Å². The second kappa shape index (κ2) is 7.24. The topological polar surface area (TPSA) is 34.0 Å². The van der Waals surface area contributed by atoms with E-state index in [1.807, 2.05) is 18.2 Å². The zero-order valence-corrected chi connectivity index (χ0v) is 14.4. The molecule has 3 heteroatoms. The third-order valence-electron chi connectivity index (χ3n) is 5.22. The van der Waals surface area contributed by atoms with Crippen LogP contribution >= 0.6 is 0 Å². The van der Waals surface area contributed by atoms with Gasteiger partial charge in [0.1, 0.15) is 0 Å². The number of nitrogens with one attached hydrogen (secondary N) is 1. The molecule has 1 saturated heterocycles. The Kier molecular flexibility index (Phi) is 4.66. The summed E-state index contributed by atoms with van der Waals surface area (Å²) in [5.74, 6) is 0.805. The van der Waals surface area contributed by atoms with Gasteiger partial charge in [0.2, 0.25) is 0 Å². The summed E-state index contributed by atoms with van der Waals surface area (Å²) in [5, 5.41) is 4.45. The summed E-state index contributed by atoms with van der Waals surface area (Å²) < 4.78 is 2.21. The van der Waals surface area contributed by atoms with Crippen molar-refractivity contribution in [2.24, 2.45) is 5.92 Å². The Balaban J connectivity index is 1.63. The van der Waals surface area contributed by atoms with Crippen LogP contribution in [0.15, 0.2) is 60.8 Å². The fourth-order valence-corrected chi connectivity index (χ4v) is 3.84. The number of para-hydroxylation sites is 1. The summed E-state index contributed by atoms with van der Waals surface area (Å²) in [6.45, 7) is 2.86. The number of nitrogens with zero attached hydrogens (tertiary/aromatic N) is 1. The molecule has 4 rings (SSSR count). The summed E-state index contributed by atoms with van der Waals surface area (Å²) in [6, 6.07) is 18.7. The van der Waals surface area contributed by atoms with E-state index in [0.717, 1.165) is 48.9 Å². The average molecular weight is 332 g/mol. The number of piperidine rings is 1. The smallest absolute Gasteiger partial charge is 0.165 e. The molecule has 0 radical (unpaired) electrons. The summed E-state index contributed by atoms with van der Waals surface area (Å²) in [6.07, 6.45) is 4.94. The molecule has 0 amide bonds. The SMILES string of the molecule is O=C(CC1CCNCC1)c1cn(Cc2ccccc2)c2ccccc12. The van der Waals surface area contributed by atoms with Crippen LogP contribution in [0.4, 0.5) is 0 Å². The van der Waals surface area contributed by atoms with Gasteiger partial charge in [-0.25, -0.2) is 0 Å². The van der Waals surface area contributed by atoms with Crippen LogP contribution in [0.2, 0.25) is 0 Å². The monoisotopic (exact) mass is 332 g/mol. The maximum Gasteiger partial charge on any atom is 0.165 e. The van der Waals surface area contributed by atoms with Crippen LogP contribution < -0.4 is 5.32 Å². The molecular formula is C22H24N2O. The van der Waals surface area contributed by atoms with Gasteiger partial charge < -0.3 is 9.88 Å². The van der Waals surface area contributed by atoms with Crippen molar-refractivity contribution in [2.45, 2.75) is 25.8 Å². The highest BCUT2D eigenvalue weighted by Crippen LogP contribution is 2.26. The van der Waals surface area contributed by atoms with Gasteiger partial charge in [-0.1, -0.05) is 48.5 Å². The van der Waals surface area contributed by atoms with Crippen molar-refractivity contribution >= 4 is 16.7 Å². The molecule has 0 spiro atoms. The first-order chi connectivity index (χ1) is 12.3. The molecule has 128 valence electrons. The van der Waals surface area contributed by atoms with Gasteiger partial charge in [0.15, 0.2) is 5.78 Å². The van der Waals surface area contributed by atoms with Gasteiger partial charge in [0, 0.05) is 35.6 Å². The van der Waals surface area contributed by atoms with Gasteiger partial charge >= 0.3 is 0 Å². The number of hydrogen-bond donors (Lipinski definition) is 1. The van der Waals surface area contributed by atoms with Crippen molar-refractivity contribution in [1.82, 2.24) is 9.88 Å². The molecule has 1 fully saturated rings. The first-order valence-electron chi connectivity index (χ1n) is 9.17. The van der Waals surface area contributed by atoms with E-state index in [4.69, 9.17) is 0 Å². The molecule has 1 N–H and O–H groups in total. The fraction of sp³-hybridized carbons (Fsp3) is 0.318. The molecule has 1 aromatic heterocycles. The van der Waals surface area contributed by atoms with Crippen molar-refractivity contribution in [3.63, 3.8) is 0 Å². The highest BCUT2D eigenvalue weighted by Gasteiger charge is 2.21. The molecule has 1 aliphatic rings. The van der Waals surface area contributed by atoms with Crippen LogP contribution in [0.5, 0.6) is 0 Å². The van der Waals surface area contributed by atoms with Crippen LogP contribution in [-0.2, 0) is 6.54 Å². The minimum atomic E-state index is 0.287. The number of aromatic nitrogens is 1. The third-order valence-corrected chi connectivity index (χ3v) is 5.22. The van der Waals surface area contributed by atoms with Crippen LogP contribution in [0.3, 0.4) is 0 Å². The van der Waals surface area contributed by atoms with Crippen molar-refractivity contribution in [3.05, 3.63) is 71.9 Å². The number of carbonyl (C=O) groups is 1. The maximum absolute atomic E-state index is 13.0. The molecule has 2 aromatic carbocycles. The number of carbonyl (C=O) groups excluding carboxylic acids is 1. The van der Waals surface area contributed by atoms with Crippen molar-refractivity contribution in [3.8, 4) is 0 Å². The first-order valence-corrected chi connectivity index (χ1v) is 9.17. The molecule has 1 aliphatic heterocycles. The lowest BCUT2D eigenvalue weighted by atomic mass is 9.90. The quantitative estimate of drug-likeness (QED) is 0.708. The molecule has 0 unspecified atom stereocenters. The van der Waals surface area contributed by atoms with Gasteiger partial charge in [-0.15, -0.1) is 0 Å². The summed E-state index contributed by atoms with van der Waals surface area (Å²) in [4.78, 5) is 13.0. The van der Waals surface area contributed by atoms with Crippen LogP contribution in [0.25, 0.3) is 10.9 Å². The first kappa shape index (κ1) is 16.1. The number of hydrogen-bond acceptors (Lipinski definition) is 2. The second-order valence-electron chi connectivity index (χ2n) is 6.99. The van der Waals surface area contributed by atoms with E-state index < -0.39 is 0 Å². The lowest BCUT2D eigenvalue weighted by molar-refractivity contribution is 0.0954. The highest BCUT2D eigenvalue weighted by atomic mass is 16.1. The Morgan fingerprint density at radius 1 is 1.00 bits per heavy atom. The van der Waals surface area contributed by atoms with Crippen molar-refractivity contribution in [2.75, 3.05) is 13.1 Å². The fourth-order valence-electron chi connectivity index (χ4n) is 3.84. The van der Waals surface area contributed by atoms with Gasteiger partial charge in [0.25, 0.3) is 0 Å². The van der Waals surface area contributed by atoms with Crippen LogP contribution in [0, 0.1) is 5.92 Å². The molecule has 0 saturated carbocycles. The van der Waals surface area contributed by atoms with Gasteiger partial charge in [-0.2, -0.15) is 0 Å². The molecule has 25 heavy (non-hydrogen) atoms. The van der Waals surface area contributed by atoms with E-state index >= 15 is 0 Å². The lowest BCUT2D eigenvalue weighted by Gasteiger charge is -2.21. The number of fused-ring (bicyclic) bond motifs is 1. The minimum Gasteiger partial charge on any atom is -0.342 e. The summed E-state index contributed by atoms with van der Waals surface area (Å²) in [5.41, 5.74) is 3.27. The Morgan fingerprint density at radius 3 is 2.52 bits per heavy atom. The van der Waals surface area contributed by atoms with Gasteiger partial charge in [-0.05, 0) is 43.5 Å². The Morgan fingerprint density at radius 2 is 1.72 bits per heavy atom. The maximum atomic E-state index is 13.0. The standard InChI is InChI=1S/C22H24N2O/c25-22(14-17-10-12-23-13-11-17)20-16-24(15-18-6-2-1-3-7-18)21-9-5-4-8-19(20)21/h1-9,16-17,23H,10-15H2. The zero-order chi connectivity index (χ0) is 17.1. The Hall–Kier alpha value is -2.39. The highest BCUT2D eigenvalue weighted by molar-refractivity contribution is 6.08.